The van der Waals surface area contributed by atoms with Gasteiger partial charge in [-0.3, -0.25) is 0 Å². The molecule has 5 heteroatoms. The number of hydrogen-bond acceptors (Lipinski definition) is 1. The number of aromatic nitrogens is 2. The molecular formula is C13H15ClF2N2. The minimum absolute atomic E-state index is 0.171. The molecule has 0 aliphatic rings. The van der Waals surface area contributed by atoms with Crippen molar-refractivity contribution in [1.82, 2.24) is 9.55 Å². The van der Waals surface area contributed by atoms with Crippen molar-refractivity contribution in [3.05, 3.63) is 29.6 Å². The second-order valence-corrected chi connectivity index (χ2v) is 5.98. The zero-order chi connectivity index (χ0) is 13.7. The van der Waals surface area contributed by atoms with E-state index < -0.39 is 17.2 Å². The van der Waals surface area contributed by atoms with E-state index in [0.29, 0.717) is 11.3 Å². The summed E-state index contributed by atoms with van der Waals surface area (Å²) in [6.45, 7) is 7.48. The molecule has 0 saturated carbocycles. The molecule has 0 N–H and O–H groups in total. The lowest BCUT2D eigenvalue weighted by molar-refractivity contribution is 0.387. The standard InChI is InChI=1S/C13H15ClF2N2/c1-7(14)12-17-9-6-5-8(15)10(16)11(9)18(12)13(2,3)4/h5-7H,1-4H3. The quantitative estimate of drug-likeness (QED) is 0.705. The van der Waals surface area contributed by atoms with Gasteiger partial charge in [-0.05, 0) is 39.8 Å². The highest BCUT2D eigenvalue weighted by molar-refractivity contribution is 6.20. The molecule has 0 aliphatic heterocycles. The van der Waals surface area contributed by atoms with Crippen molar-refractivity contribution in [2.24, 2.45) is 0 Å². The van der Waals surface area contributed by atoms with Gasteiger partial charge in [0, 0.05) is 5.54 Å². The fraction of sp³-hybridized carbons (Fsp3) is 0.462. The van der Waals surface area contributed by atoms with Gasteiger partial charge in [-0.15, -0.1) is 11.6 Å². The summed E-state index contributed by atoms with van der Waals surface area (Å²) in [6.07, 6.45) is 0. The van der Waals surface area contributed by atoms with Gasteiger partial charge in [-0.2, -0.15) is 0 Å². The molecule has 0 fully saturated rings. The number of nitrogens with zero attached hydrogens (tertiary/aromatic N) is 2. The largest absolute Gasteiger partial charge is 0.319 e. The van der Waals surface area contributed by atoms with Crippen LogP contribution in [-0.2, 0) is 5.54 Å². The average molecular weight is 273 g/mol. The Bertz CT molecular complexity index is 597. The average Bonchev–Trinajstić information content (AvgIpc) is 2.63. The molecule has 1 aromatic heterocycles. The van der Waals surface area contributed by atoms with Crippen molar-refractivity contribution in [1.29, 1.82) is 0 Å². The van der Waals surface area contributed by atoms with Crippen LogP contribution in [0.2, 0.25) is 0 Å². The summed E-state index contributed by atoms with van der Waals surface area (Å²) in [5.41, 5.74) is 0.165. The van der Waals surface area contributed by atoms with Gasteiger partial charge in [0.15, 0.2) is 11.6 Å². The minimum Gasteiger partial charge on any atom is -0.319 e. The zero-order valence-corrected chi connectivity index (χ0v) is 11.5. The number of alkyl halides is 1. The van der Waals surface area contributed by atoms with Crippen LogP contribution >= 0.6 is 11.6 Å². The van der Waals surface area contributed by atoms with Crippen LogP contribution in [0.15, 0.2) is 12.1 Å². The SMILES string of the molecule is CC(Cl)c1nc2ccc(F)c(F)c2n1C(C)(C)C. The summed E-state index contributed by atoms with van der Waals surface area (Å²) in [4.78, 5) is 4.30. The Morgan fingerprint density at radius 1 is 1.28 bits per heavy atom. The highest BCUT2D eigenvalue weighted by atomic mass is 35.5. The van der Waals surface area contributed by atoms with Crippen molar-refractivity contribution in [2.75, 3.05) is 0 Å². The number of rotatable bonds is 1. The highest BCUT2D eigenvalue weighted by Gasteiger charge is 2.26. The molecule has 1 heterocycles. The molecule has 1 aromatic carbocycles. The minimum atomic E-state index is -0.876. The van der Waals surface area contributed by atoms with Gasteiger partial charge in [0.25, 0.3) is 0 Å². The van der Waals surface area contributed by atoms with E-state index >= 15 is 0 Å². The second-order valence-electron chi connectivity index (χ2n) is 5.32. The van der Waals surface area contributed by atoms with Gasteiger partial charge in [-0.25, -0.2) is 13.8 Å². The van der Waals surface area contributed by atoms with Gasteiger partial charge in [-0.1, -0.05) is 0 Å². The van der Waals surface area contributed by atoms with Crippen molar-refractivity contribution in [2.45, 2.75) is 38.6 Å². The third-order valence-electron chi connectivity index (χ3n) is 2.76. The van der Waals surface area contributed by atoms with Gasteiger partial charge in [0.1, 0.15) is 11.3 Å². The van der Waals surface area contributed by atoms with Crippen LogP contribution in [0.3, 0.4) is 0 Å². The van der Waals surface area contributed by atoms with E-state index in [1.54, 1.807) is 11.5 Å². The molecule has 98 valence electrons. The second kappa shape index (κ2) is 4.19. The van der Waals surface area contributed by atoms with Crippen molar-refractivity contribution in [3.63, 3.8) is 0 Å². The number of hydrogen-bond donors (Lipinski definition) is 0. The molecule has 0 radical (unpaired) electrons. The van der Waals surface area contributed by atoms with Crippen molar-refractivity contribution in [3.8, 4) is 0 Å². The molecule has 1 unspecified atom stereocenters. The Balaban J connectivity index is 2.93. The Labute approximate surface area is 110 Å². The van der Waals surface area contributed by atoms with Crippen LogP contribution < -0.4 is 0 Å². The van der Waals surface area contributed by atoms with Gasteiger partial charge in [0.2, 0.25) is 0 Å². The van der Waals surface area contributed by atoms with Crippen LogP contribution in [0, 0.1) is 11.6 Å². The third-order valence-corrected chi connectivity index (χ3v) is 2.96. The maximum atomic E-state index is 14.0. The molecule has 1 atom stereocenters. The van der Waals surface area contributed by atoms with Crippen LogP contribution in [0.4, 0.5) is 8.78 Å². The van der Waals surface area contributed by atoms with E-state index in [1.807, 2.05) is 20.8 Å². The van der Waals surface area contributed by atoms with E-state index in [2.05, 4.69) is 4.98 Å². The van der Waals surface area contributed by atoms with Crippen molar-refractivity contribution < 1.29 is 8.78 Å². The van der Waals surface area contributed by atoms with Gasteiger partial charge in [0.05, 0.1) is 10.9 Å². The topological polar surface area (TPSA) is 17.8 Å². The summed E-state index contributed by atoms with van der Waals surface area (Å²) < 4.78 is 29.0. The first-order chi connectivity index (χ1) is 8.23. The summed E-state index contributed by atoms with van der Waals surface area (Å²) >= 11 is 6.08. The van der Waals surface area contributed by atoms with Crippen LogP contribution in [0.1, 0.15) is 38.9 Å². The monoisotopic (exact) mass is 272 g/mol. The fourth-order valence-corrected chi connectivity index (χ4v) is 2.21. The predicted octanol–water partition coefficient (Wildman–Crippen LogP) is 4.37. The summed E-state index contributed by atoms with van der Waals surface area (Å²) in [6, 6.07) is 2.55. The molecule has 2 aromatic rings. The van der Waals surface area contributed by atoms with Crippen LogP contribution in [-0.4, -0.2) is 9.55 Å². The van der Waals surface area contributed by atoms with E-state index in [9.17, 15) is 8.78 Å². The molecule has 0 bridgehead atoms. The van der Waals surface area contributed by atoms with E-state index in [1.165, 1.54) is 6.07 Å². The van der Waals surface area contributed by atoms with Crippen molar-refractivity contribution >= 4 is 22.6 Å². The number of fused-ring (bicyclic) bond motifs is 1. The lowest BCUT2D eigenvalue weighted by Crippen LogP contribution is -2.24. The number of halogens is 3. The molecule has 0 saturated heterocycles. The highest BCUT2D eigenvalue weighted by Crippen LogP contribution is 2.32. The number of benzene rings is 1. The maximum Gasteiger partial charge on any atom is 0.184 e. The first-order valence-corrected chi connectivity index (χ1v) is 6.18. The van der Waals surface area contributed by atoms with E-state index in [4.69, 9.17) is 11.6 Å². The molecule has 0 spiro atoms. The zero-order valence-electron chi connectivity index (χ0n) is 10.8. The third kappa shape index (κ3) is 1.99. The Morgan fingerprint density at radius 3 is 2.39 bits per heavy atom. The molecule has 18 heavy (non-hydrogen) atoms. The molecule has 0 aliphatic carbocycles. The smallest absolute Gasteiger partial charge is 0.184 e. The van der Waals surface area contributed by atoms with E-state index in [-0.39, 0.29) is 10.9 Å². The van der Waals surface area contributed by atoms with Gasteiger partial charge < -0.3 is 4.57 Å². The lowest BCUT2D eigenvalue weighted by Gasteiger charge is -2.25. The Morgan fingerprint density at radius 2 is 1.89 bits per heavy atom. The number of imidazole rings is 1. The summed E-state index contributed by atoms with van der Waals surface area (Å²) in [7, 11) is 0. The normalized spacial score (nSPS) is 14.2. The molecule has 2 nitrogen and oxygen atoms in total. The Hall–Kier alpha value is -1.16. The lowest BCUT2D eigenvalue weighted by atomic mass is 10.1. The fourth-order valence-electron chi connectivity index (χ4n) is 2.07. The van der Waals surface area contributed by atoms with Crippen LogP contribution in [0.5, 0.6) is 0 Å². The summed E-state index contributed by atoms with van der Waals surface area (Å²) in [5.74, 6) is -1.20. The maximum absolute atomic E-state index is 14.0. The van der Waals surface area contributed by atoms with E-state index in [0.717, 1.165) is 6.07 Å². The predicted molar refractivity (Wildman–Crippen MR) is 68.9 cm³/mol. The first kappa shape index (κ1) is 13.3. The van der Waals surface area contributed by atoms with Crippen LogP contribution in [0.25, 0.3) is 11.0 Å². The Kier molecular flexibility index (Phi) is 3.09. The first-order valence-electron chi connectivity index (χ1n) is 5.74. The van der Waals surface area contributed by atoms with Gasteiger partial charge >= 0.3 is 0 Å². The molecule has 2 rings (SSSR count). The molecule has 0 amide bonds. The summed E-state index contributed by atoms with van der Waals surface area (Å²) in [5, 5.41) is -0.376. The molecular weight excluding hydrogens is 258 g/mol.